The van der Waals surface area contributed by atoms with Gasteiger partial charge in [0.1, 0.15) is 0 Å². The third kappa shape index (κ3) is 4.02. The fourth-order valence-corrected chi connectivity index (χ4v) is 3.20. The highest BCUT2D eigenvalue weighted by atomic mass is 32.2. The van der Waals surface area contributed by atoms with E-state index in [1.54, 1.807) is 11.8 Å². The first kappa shape index (κ1) is 17.5. The van der Waals surface area contributed by atoms with E-state index in [-0.39, 0.29) is 11.9 Å². The van der Waals surface area contributed by atoms with Crippen LogP contribution in [0.4, 0.5) is 0 Å². The number of fused-ring (bicyclic) bond motifs is 1. The Morgan fingerprint density at radius 3 is 2.72 bits per heavy atom. The Kier molecular flexibility index (Phi) is 5.71. The topological polar surface area (TPSA) is 59.3 Å². The van der Waals surface area contributed by atoms with Crippen molar-refractivity contribution in [3.05, 3.63) is 65.6 Å². The van der Waals surface area contributed by atoms with Crippen LogP contribution in [0, 0.1) is 0 Å². The predicted octanol–water partition coefficient (Wildman–Crippen LogP) is 3.52. The third-order valence-corrected chi connectivity index (χ3v) is 4.84. The van der Waals surface area contributed by atoms with Gasteiger partial charge >= 0.3 is 0 Å². The van der Waals surface area contributed by atoms with Crippen molar-refractivity contribution in [2.45, 2.75) is 25.8 Å². The van der Waals surface area contributed by atoms with Gasteiger partial charge in [-0.1, -0.05) is 25.1 Å². The molecule has 1 aromatic carbocycles. The van der Waals surface area contributed by atoms with Crippen molar-refractivity contribution in [2.24, 2.45) is 0 Å². The first-order valence-electron chi connectivity index (χ1n) is 8.41. The molecule has 0 saturated carbocycles. The number of benzene rings is 1. The maximum Gasteiger partial charge on any atom is 0.251 e. The molecule has 0 aliphatic heterocycles. The van der Waals surface area contributed by atoms with Gasteiger partial charge in [0.15, 0.2) is 11.5 Å². The summed E-state index contributed by atoms with van der Waals surface area (Å²) in [6, 6.07) is 13.4. The summed E-state index contributed by atoms with van der Waals surface area (Å²) in [6.07, 6.45) is 5.75. The molecule has 1 unspecified atom stereocenters. The van der Waals surface area contributed by atoms with E-state index in [9.17, 15) is 4.79 Å². The summed E-state index contributed by atoms with van der Waals surface area (Å²) in [5, 5.41) is 11.6. The molecule has 3 aromatic rings. The Bertz CT molecular complexity index is 844. The zero-order chi connectivity index (χ0) is 17.6. The van der Waals surface area contributed by atoms with E-state index in [0.717, 1.165) is 30.1 Å². The minimum atomic E-state index is -0.178. The lowest BCUT2D eigenvalue weighted by Crippen LogP contribution is -2.30. The normalized spacial score (nSPS) is 12.2. The number of amides is 1. The van der Waals surface area contributed by atoms with E-state index < -0.39 is 0 Å². The Labute approximate surface area is 151 Å². The molecule has 2 heterocycles. The Morgan fingerprint density at radius 1 is 1.20 bits per heavy atom. The standard InChI is InChI=1S/C19H22N4OS/c1-3-14-7-9-15(10-8-14)19(24)20-16(11-13-25-2)18-22-21-17-6-4-5-12-23(17)18/h4-10,12,16H,3,11,13H2,1-2H3,(H,20,24). The molecule has 0 fully saturated rings. The highest BCUT2D eigenvalue weighted by Gasteiger charge is 2.20. The summed E-state index contributed by atoms with van der Waals surface area (Å²) >= 11 is 1.75. The van der Waals surface area contributed by atoms with Gasteiger partial charge in [0.2, 0.25) is 0 Å². The third-order valence-electron chi connectivity index (χ3n) is 4.19. The number of aromatic nitrogens is 3. The van der Waals surface area contributed by atoms with Crippen LogP contribution < -0.4 is 5.32 Å². The second-order valence-electron chi connectivity index (χ2n) is 5.85. The SMILES string of the molecule is CCc1ccc(C(=O)NC(CCSC)c2nnc3ccccn23)cc1. The highest BCUT2D eigenvalue weighted by Crippen LogP contribution is 2.19. The lowest BCUT2D eigenvalue weighted by molar-refractivity contribution is 0.0934. The first-order chi connectivity index (χ1) is 12.2. The van der Waals surface area contributed by atoms with Crippen molar-refractivity contribution < 1.29 is 4.79 Å². The van der Waals surface area contributed by atoms with E-state index in [0.29, 0.717) is 5.56 Å². The minimum Gasteiger partial charge on any atom is -0.342 e. The molecule has 5 nitrogen and oxygen atoms in total. The van der Waals surface area contributed by atoms with Crippen LogP contribution in [0.5, 0.6) is 0 Å². The van der Waals surface area contributed by atoms with Gasteiger partial charge in [-0.25, -0.2) is 0 Å². The number of rotatable bonds is 7. The van der Waals surface area contributed by atoms with E-state index in [2.05, 4.69) is 28.7 Å². The van der Waals surface area contributed by atoms with Crippen LogP contribution in [0.1, 0.15) is 41.1 Å². The first-order valence-corrected chi connectivity index (χ1v) is 9.80. The largest absolute Gasteiger partial charge is 0.342 e. The van der Waals surface area contributed by atoms with Crippen LogP contribution in [0.15, 0.2) is 48.7 Å². The average Bonchev–Trinajstić information content (AvgIpc) is 3.09. The quantitative estimate of drug-likeness (QED) is 0.705. The molecule has 1 N–H and O–H groups in total. The number of pyridine rings is 1. The second kappa shape index (κ2) is 8.16. The fourth-order valence-electron chi connectivity index (χ4n) is 2.73. The Morgan fingerprint density at radius 2 is 2.00 bits per heavy atom. The summed E-state index contributed by atoms with van der Waals surface area (Å²) in [5.74, 6) is 1.62. The number of nitrogens with one attached hydrogen (secondary N) is 1. The fraction of sp³-hybridized carbons (Fsp3) is 0.316. The lowest BCUT2D eigenvalue weighted by Gasteiger charge is -2.17. The molecule has 0 radical (unpaired) electrons. The molecule has 3 rings (SSSR count). The van der Waals surface area contributed by atoms with E-state index in [1.165, 1.54) is 5.56 Å². The zero-order valence-corrected chi connectivity index (χ0v) is 15.3. The number of carbonyl (C=O) groups is 1. The van der Waals surface area contributed by atoms with E-state index >= 15 is 0 Å². The van der Waals surface area contributed by atoms with Gasteiger partial charge in [0.05, 0.1) is 6.04 Å². The van der Waals surface area contributed by atoms with Crippen molar-refractivity contribution >= 4 is 23.3 Å². The van der Waals surface area contributed by atoms with E-state index in [4.69, 9.17) is 0 Å². The van der Waals surface area contributed by atoms with Gasteiger partial charge in [0, 0.05) is 11.8 Å². The van der Waals surface area contributed by atoms with Crippen molar-refractivity contribution in [1.82, 2.24) is 19.9 Å². The molecular formula is C19H22N4OS. The van der Waals surface area contributed by atoms with Gasteiger partial charge < -0.3 is 5.32 Å². The van der Waals surface area contributed by atoms with Crippen molar-refractivity contribution in [3.63, 3.8) is 0 Å². The molecule has 1 atom stereocenters. The maximum atomic E-state index is 12.7. The number of hydrogen-bond acceptors (Lipinski definition) is 4. The molecule has 25 heavy (non-hydrogen) atoms. The number of thioether (sulfide) groups is 1. The molecule has 1 amide bonds. The van der Waals surface area contributed by atoms with Gasteiger partial charge in [0.25, 0.3) is 5.91 Å². The van der Waals surface area contributed by atoms with Gasteiger partial charge in [-0.2, -0.15) is 11.8 Å². The molecule has 0 aliphatic rings. The molecule has 130 valence electrons. The number of nitrogens with zero attached hydrogens (tertiary/aromatic N) is 3. The summed E-state index contributed by atoms with van der Waals surface area (Å²) < 4.78 is 1.94. The summed E-state index contributed by atoms with van der Waals surface area (Å²) in [5.41, 5.74) is 2.67. The smallest absolute Gasteiger partial charge is 0.251 e. The average molecular weight is 354 g/mol. The monoisotopic (exact) mass is 354 g/mol. The molecular weight excluding hydrogens is 332 g/mol. The van der Waals surface area contributed by atoms with Crippen LogP contribution in [0.2, 0.25) is 0 Å². The molecule has 0 spiro atoms. The Balaban J connectivity index is 1.84. The highest BCUT2D eigenvalue weighted by molar-refractivity contribution is 7.98. The molecule has 2 aromatic heterocycles. The molecule has 0 bridgehead atoms. The summed E-state index contributed by atoms with van der Waals surface area (Å²) in [6.45, 7) is 2.10. The van der Waals surface area contributed by atoms with E-state index in [1.807, 2.05) is 53.1 Å². The number of aryl methyl sites for hydroxylation is 1. The lowest BCUT2D eigenvalue weighted by atomic mass is 10.1. The predicted molar refractivity (Wildman–Crippen MR) is 102 cm³/mol. The van der Waals surface area contributed by atoms with Crippen LogP contribution in [0.3, 0.4) is 0 Å². The van der Waals surface area contributed by atoms with Crippen molar-refractivity contribution in [2.75, 3.05) is 12.0 Å². The Hall–Kier alpha value is -2.34. The van der Waals surface area contributed by atoms with Crippen molar-refractivity contribution in [1.29, 1.82) is 0 Å². The molecule has 6 heteroatoms. The summed E-state index contributed by atoms with van der Waals surface area (Å²) in [4.78, 5) is 12.7. The van der Waals surface area contributed by atoms with Gasteiger partial charge in [-0.05, 0) is 54.7 Å². The molecule has 0 aliphatic carbocycles. The van der Waals surface area contributed by atoms with Crippen LogP contribution >= 0.6 is 11.8 Å². The van der Waals surface area contributed by atoms with Crippen LogP contribution in [-0.4, -0.2) is 32.5 Å². The maximum absolute atomic E-state index is 12.7. The molecule has 0 saturated heterocycles. The van der Waals surface area contributed by atoms with Gasteiger partial charge in [-0.3, -0.25) is 9.20 Å². The minimum absolute atomic E-state index is 0.0820. The van der Waals surface area contributed by atoms with Gasteiger partial charge in [-0.15, -0.1) is 10.2 Å². The number of hydrogen-bond donors (Lipinski definition) is 1. The zero-order valence-electron chi connectivity index (χ0n) is 14.5. The van der Waals surface area contributed by atoms with Crippen LogP contribution in [-0.2, 0) is 6.42 Å². The summed E-state index contributed by atoms with van der Waals surface area (Å²) in [7, 11) is 0. The van der Waals surface area contributed by atoms with Crippen molar-refractivity contribution in [3.8, 4) is 0 Å². The second-order valence-corrected chi connectivity index (χ2v) is 6.83. The number of carbonyl (C=O) groups excluding carboxylic acids is 1. The van der Waals surface area contributed by atoms with Crippen LogP contribution in [0.25, 0.3) is 5.65 Å².